The zero-order valence-corrected chi connectivity index (χ0v) is 23.0. The molecule has 1 fully saturated rings. The van der Waals surface area contributed by atoms with Crippen molar-refractivity contribution in [3.8, 4) is 5.75 Å². The number of imide groups is 1. The van der Waals surface area contributed by atoms with Gasteiger partial charge >= 0.3 is 10.1 Å². The van der Waals surface area contributed by atoms with E-state index in [0.717, 1.165) is 52.4 Å². The highest BCUT2D eigenvalue weighted by atomic mass is 79.9. The first kappa shape index (κ1) is 26.6. The summed E-state index contributed by atoms with van der Waals surface area (Å²) in [5, 5.41) is 12.5. The molecule has 1 heterocycles. The highest BCUT2D eigenvalue weighted by molar-refractivity contribution is 9.10. The van der Waals surface area contributed by atoms with Crippen molar-refractivity contribution in [2.75, 3.05) is 0 Å². The Kier molecular flexibility index (Phi) is 7.25. The highest BCUT2D eigenvalue weighted by Gasteiger charge is 2.35. The molecule has 39 heavy (non-hydrogen) atoms. The van der Waals surface area contributed by atoms with Gasteiger partial charge in [-0.2, -0.15) is 8.42 Å². The van der Waals surface area contributed by atoms with Crippen molar-refractivity contribution in [2.24, 2.45) is 0 Å². The third kappa shape index (κ3) is 5.72. The van der Waals surface area contributed by atoms with Gasteiger partial charge in [-0.1, -0.05) is 42.5 Å². The van der Waals surface area contributed by atoms with Gasteiger partial charge < -0.3 is 4.18 Å². The first-order chi connectivity index (χ1) is 18.6. The molecule has 0 spiro atoms. The molecule has 0 aliphatic carbocycles. The third-order valence-corrected chi connectivity index (χ3v) is 8.59. The Hall–Kier alpha value is -4.00. The molecule has 0 atom stereocenters. The molecular weight excluding hydrogens is 608 g/mol. The van der Waals surface area contributed by atoms with E-state index in [-0.39, 0.29) is 37.5 Å². The minimum Gasteiger partial charge on any atom is -0.378 e. The number of fused-ring (bicyclic) bond motifs is 1. The van der Waals surface area contributed by atoms with Crippen LogP contribution in [0, 0.1) is 10.1 Å². The summed E-state index contributed by atoms with van der Waals surface area (Å²) in [5.41, 5.74) is 1.12. The van der Waals surface area contributed by atoms with Gasteiger partial charge in [0.15, 0.2) is 5.75 Å². The standard InChI is InChI=1S/C27H17BrN2O7S2/c28-23-14-17(6-12-24(23)37-39(35,36)22-10-8-21(9-11-22)30(33)34)15-25-26(31)29(27(32)38-25)16-18-5-7-19-3-1-2-4-20(19)13-18/h1-15H,16H2/b25-15-. The maximum absolute atomic E-state index is 13.0. The number of amides is 2. The molecule has 4 aromatic rings. The fourth-order valence-electron chi connectivity index (χ4n) is 3.88. The van der Waals surface area contributed by atoms with Crippen LogP contribution >= 0.6 is 27.7 Å². The van der Waals surface area contributed by atoms with Crippen LogP contribution in [0.5, 0.6) is 5.75 Å². The van der Waals surface area contributed by atoms with Crippen molar-refractivity contribution in [2.45, 2.75) is 11.4 Å². The maximum Gasteiger partial charge on any atom is 0.339 e. The lowest BCUT2D eigenvalue weighted by Crippen LogP contribution is -2.27. The summed E-state index contributed by atoms with van der Waals surface area (Å²) < 4.78 is 30.7. The van der Waals surface area contributed by atoms with Crippen LogP contribution in [0.4, 0.5) is 10.5 Å². The van der Waals surface area contributed by atoms with Crippen LogP contribution in [0.2, 0.25) is 0 Å². The molecule has 1 saturated heterocycles. The summed E-state index contributed by atoms with van der Waals surface area (Å²) >= 11 is 4.11. The van der Waals surface area contributed by atoms with E-state index in [1.807, 2.05) is 42.5 Å². The molecule has 0 unspecified atom stereocenters. The summed E-state index contributed by atoms with van der Waals surface area (Å²) in [7, 11) is -4.26. The lowest BCUT2D eigenvalue weighted by atomic mass is 10.1. The number of nitro benzene ring substituents is 1. The fraction of sp³-hybridized carbons (Fsp3) is 0.0370. The van der Waals surface area contributed by atoms with E-state index < -0.39 is 20.9 Å². The van der Waals surface area contributed by atoms with Crippen LogP contribution in [-0.2, 0) is 21.5 Å². The van der Waals surface area contributed by atoms with Crippen molar-refractivity contribution in [1.82, 2.24) is 4.90 Å². The summed E-state index contributed by atoms with van der Waals surface area (Å²) in [6.07, 6.45) is 1.55. The molecule has 0 aromatic heterocycles. The quantitative estimate of drug-likeness (QED) is 0.0985. The Labute approximate surface area is 235 Å². The predicted octanol–water partition coefficient (Wildman–Crippen LogP) is 6.51. The molecule has 4 aromatic carbocycles. The van der Waals surface area contributed by atoms with E-state index in [0.29, 0.717) is 5.56 Å². The second-order valence-electron chi connectivity index (χ2n) is 8.43. The molecule has 1 aliphatic heterocycles. The van der Waals surface area contributed by atoms with E-state index in [9.17, 15) is 28.1 Å². The van der Waals surface area contributed by atoms with Crippen LogP contribution in [0.25, 0.3) is 16.8 Å². The molecule has 5 rings (SSSR count). The van der Waals surface area contributed by atoms with Crippen molar-refractivity contribution in [3.05, 3.63) is 116 Å². The molecule has 0 bridgehead atoms. The second kappa shape index (κ2) is 10.6. The molecule has 0 N–H and O–H groups in total. The van der Waals surface area contributed by atoms with Gasteiger partial charge in [0, 0.05) is 12.1 Å². The lowest BCUT2D eigenvalue weighted by molar-refractivity contribution is -0.384. The average Bonchev–Trinajstić information content (AvgIpc) is 3.17. The van der Waals surface area contributed by atoms with Crippen LogP contribution in [0.1, 0.15) is 11.1 Å². The minimum absolute atomic E-state index is 0.0186. The maximum atomic E-state index is 13.0. The molecular formula is C27H17BrN2O7S2. The van der Waals surface area contributed by atoms with E-state index >= 15 is 0 Å². The Morgan fingerprint density at radius 1 is 0.949 bits per heavy atom. The van der Waals surface area contributed by atoms with E-state index in [2.05, 4.69) is 15.9 Å². The number of carbonyl (C=O) groups excluding carboxylic acids is 2. The molecule has 0 radical (unpaired) electrons. The molecule has 2 amide bonds. The van der Waals surface area contributed by atoms with E-state index in [1.165, 1.54) is 11.0 Å². The normalized spacial score (nSPS) is 14.8. The number of benzene rings is 4. The fourth-order valence-corrected chi connectivity index (χ4v) is 6.25. The SMILES string of the molecule is O=C1S/C(=C\c2ccc(OS(=O)(=O)c3ccc([N+](=O)[O-])cc3)c(Br)c2)C(=O)N1Cc1ccc2ccccc2c1. The molecule has 12 heteroatoms. The number of hydrogen-bond acceptors (Lipinski definition) is 8. The molecule has 196 valence electrons. The smallest absolute Gasteiger partial charge is 0.339 e. The highest BCUT2D eigenvalue weighted by Crippen LogP contribution is 2.35. The van der Waals surface area contributed by atoms with Gasteiger partial charge in [-0.3, -0.25) is 24.6 Å². The van der Waals surface area contributed by atoms with Gasteiger partial charge in [0.25, 0.3) is 16.8 Å². The van der Waals surface area contributed by atoms with Gasteiger partial charge in [0.2, 0.25) is 0 Å². The Bertz CT molecular complexity index is 1790. The number of nitrogens with zero attached hydrogens (tertiary/aromatic N) is 2. The minimum atomic E-state index is -4.26. The first-order valence-corrected chi connectivity index (χ1v) is 14.3. The first-order valence-electron chi connectivity index (χ1n) is 11.3. The number of rotatable bonds is 7. The number of carbonyl (C=O) groups is 2. The van der Waals surface area contributed by atoms with Crippen LogP contribution < -0.4 is 4.18 Å². The predicted molar refractivity (Wildman–Crippen MR) is 151 cm³/mol. The third-order valence-electron chi connectivity index (χ3n) is 5.82. The molecule has 9 nitrogen and oxygen atoms in total. The Morgan fingerprint density at radius 3 is 2.36 bits per heavy atom. The molecule has 0 saturated carbocycles. The topological polar surface area (TPSA) is 124 Å². The second-order valence-corrected chi connectivity index (χ2v) is 11.8. The largest absolute Gasteiger partial charge is 0.378 e. The zero-order chi connectivity index (χ0) is 27.7. The number of non-ortho nitro benzene ring substituents is 1. The monoisotopic (exact) mass is 624 g/mol. The number of thioether (sulfide) groups is 1. The summed E-state index contributed by atoms with van der Waals surface area (Å²) in [6, 6.07) is 22.4. The van der Waals surface area contributed by atoms with Crippen molar-refractivity contribution < 1.29 is 27.1 Å². The Balaban J connectivity index is 1.31. The van der Waals surface area contributed by atoms with Crippen LogP contribution in [0.3, 0.4) is 0 Å². The number of halogens is 1. The van der Waals surface area contributed by atoms with Crippen molar-refractivity contribution in [3.63, 3.8) is 0 Å². The van der Waals surface area contributed by atoms with Gasteiger partial charge in [-0.05, 0) is 86.0 Å². The van der Waals surface area contributed by atoms with Gasteiger partial charge in [-0.15, -0.1) is 0 Å². The number of hydrogen-bond donors (Lipinski definition) is 0. The van der Waals surface area contributed by atoms with Crippen molar-refractivity contribution in [1.29, 1.82) is 0 Å². The van der Waals surface area contributed by atoms with Crippen LogP contribution in [-0.4, -0.2) is 29.4 Å². The lowest BCUT2D eigenvalue weighted by Gasteiger charge is -2.13. The number of nitro groups is 1. The van der Waals surface area contributed by atoms with Crippen molar-refractivity contribution >= 4 is 71.5 Å². The molecule has 1 aliphatic rings. The Morgan fingerprint density at radius 2 is 1.67 bits per heavy atom. The summed E-state index contributed by atoms with van der Waals surface area (Å²) in [5.74, 6) is -0.440. The van der Waals surface area contributed by atoms with Gasteiger partial charge in [-0.25, -0.2) is 0 Å². The van der Waals surface area contributed by atoms with Gasteiger partial charge in [0.1, 0.15) is 4.90 Å². The average molecular weight is 625 g/mol. The van der Waals surface area contributed by atoms with Gasteiger partial charge in [0.05, 0.1) is 20.8 Å². The van der Waals surface area contributed by atoms with Crippen LogP contribution in [0.15, 0.2) is 99.2 Å². The van der Waals surface area contributed by atoms with E-state index in [1.54, 1.807) is 18.2 Å². The van der Waals surface area contributed by atoms with E-state index in [4.69, 9.17) is 4.18 Å². The summed E-state index contributed by atoms with van der Waals surface area (Å²) in [6.45, 7) is 0.143. The zero-order valence-electron chi connectivity index (χ0n) is 19.8. The summed E-state index contributed by atoms with van der Waals surface area (Å²) in [4.78, 5) is 37.0.